The van der Waals surface area contributed by atoms with E-state index in [9.17, 15) is 9.59 Å². The summed E-state index contributed by atoms with van der Waals surface area (Å²) >= 11 is 0. The van der Waals surface area contributed by atoms with E-state index in [-0.39, 0.29) is 17.9 Å². The molecule has 0 radical (unpaired) electrons. The van der Waals surface area contributed by atoms with Crippen LogP contribution in [0.15, 0.2) is 48.5 Å². The molecule has 1 saturated heterocycles. The lowest BCUT2D eigenvalue weighted by Gasteiger charge is -2.45. The van der Waals surface area contributed by atoms with E-state index in [0.717, 1.165) is 50.1 Å². The Balaban J connectivity index is 1.46. The van der Waals surface area contributed by atoms with Gasteiger partial charge in [-0.2, -0.15) is 0 Å². The van der Waals surface area contributed by atoms with Crippen LogP contribution >= 0.6 is 0 Å². The van der Waals surface area contributed by atoms with Gasteiger partial charge in [-0.3, -0.25) is 14.5 Å². The van der Waals surface area contributed by atoms with E-state index in [4.69, 9.17) is 0 Å². The molecular formula is C27H36N4O2. The molecule has 1 atom stereocenters. The van der Waals surface area contributed by atoms with Gasteiger partial charge in [0.2, 0.25) is 5.91 Å². The molecule has 1 fully saturated rings. The van der Waals surface area contributed by atoms with Crippen molar-refractivity contribution in [3.63, 3.8) is 0 Å². The van der Waals surface area contributed by atoms with Gasteiger partial charge in [0.05, 0.1) is 0 Å². The van der Waals surface area contributed by atoms with E-state index in [2.05, 4.69) is 29.2 Å². The number of piperidine rings is 1. The average Bonchev–Trinajstić information content (AvgIpc) is 2.84. The van der Waals surface area contributed by atoms with Gasteiger partial charge in [0, 0.05) is 77.6 Å². The minimum Gasteiger partial charge on any atom is -0.378 e. The lowest BCUT2D eigenvalue weighted by molar-refractivity contribution is -0.130. The normalized spacial score (nSPS) is 19.2. The summed E-state index contributed by atoms with van der Waals surface area (Å²) in [5.74, 6) is 0.274. The maximum Gasteiger partial charge on any atom is 0.253 e. The van der Waals surface area contributed by atoms with Crippen molar-refractivity contribution in [2.24, 2.45) is 0 Å². The Morgan fingerprint density at radius 1 is 0.939 bits per heavy atom. The molecule has 0 spiro atoms. The second kappa shape index (κ2) is 9.96. The van der Waals surface area contributed by atoms with Gasteiger partial charge >= 0.3 is 0 Å². The van der Waals surface area contributed by atoms with E-state index < -0.39 is 0 Å². The SMILES string of the molecule is CN(C)C(=O)CC1c2ccccc2CCN1C1CCN(C(=O)c2cccc(N(C)C)c2)CC1. The molecule has 4 rings (SSSR count). The van der Waals surface area contributed by atoms with Gasteiger partial charge in [-0.1, -0.05) is 30.3 Å². The molecule has 33 heavy (non-hydrogen) atoms. The fourth-order valence-corrected chi connectivity index (χ4v) is 5.18. The predicted molar refractivity (Wildman–Crippen MR) is 133 cm³/mol. The summed E-state index contributed by atoms with van der Waals surface area (Å²) in [4.78, 5) is 34.1. The molecule has 2 aromatic carbocycles. The third-order valence-corrected chi connectivity index (χ3v) is 7.15. The summed E-state index contributed by atoms with van der Waals surface area (Å²) < 4.78 is 0. The van der Waals surface area contributed by atoms with E-state index in [0.29, 0.717) is 12.5 Å². The maximum atomic E-state index is 13.1. The number of hydrogen-bond acceptors (Lipinski definition) is 4. The number of hydrogen-bond donors (Lipinski definition) is 0. The molecule has 0 bridgehead atoms. The predicted octanol–water partition coefficient (Wildman–Crippen LogP) is 3.43. The van der Waals surface area contributed by atoms with E-state index >= 15 is 0 Å². The van der Waals surface area contributed by atoms with Gasteiger partial charge in [-0.25, -0.2) is 0 Å². The first-order chi connectivity index (χ1) is 15.8. The molecular weight excluding hydrogens is 412 g/mol. The fraction of sp³-hybridized carbons (Fsp3) is 0.481. The molecule has 0 N–H and O–H groups in total. The molecule has 0 aliphatic carbocycles. The molecule has 2 amide bonds. The maximum absolute atomic E-state index is 13.1. The van der Waals surface area contributed by atoms with Gasteiger partial charge in [-0.05, 0) is 48.6 Å². The van der Waals surface area contributed by atoms with Crippen molar-refractivity contribution in [2.75, 3.05) is 52.7 Å². The van der Waals surface area contributed by atoms with Crippen molar-refractivity contribution in [3.8, 4) is 0 Å². The molecule has 2 heterocycles. The first kappa shape index (κ1) is 23.3. The van der Waals surface area contributed by atoms with Crippen LogP contribution in [0.2, 0.25) is 0 Å². The van der Waals surface area contributed by atoms with Crippen LogP contribution in [-0.4, -0.2) is 80.4 Å². The van der Waals surface area contributed by atoms with Crippen LogP contribution < -0.4 is 4.90 Å². The lowest BCUT2D eigenvalue weighted by Crippen LogP contribution is -2.50. The van der Waals surface area contributed by atoms with Gasteiger partial charge in [0.15, 0.2) is 0 Å². The molecule has 6 nitrogen and oxygen atoms in total. The second-order valence-electron chi connectivity index (χ2n) is 9.66. The number of fused-ring (bicyclic) bond motifs is 1. The van der Waals surface area contributed by atoms with Gasteiger partial charge in [0.1, 0.15) is 0 Å². The third-order valence-electron chi connectivity index (χ3n) is 7.15. The minimum atomic E-state index is 0.105. The third kappa shape index (κ3) is 5.06. The van der Waals surface area contributed by atoms with Gasteiger partial charge in [-0.15, -0.1) is 0 Å². The summed E-state index contributed by atoms with van der Waals surface area (Å²) in [5, 5.41) is 0. The highest BCUT2D eigenvalue weighted by atomic mass is 16.2. The first-order valence-electron chi connectivity index (χ1n) is 12.0. The van der Waals surface area contributed by atoms with Crippen LogP contribution in [0.1, 0.15) is 46.8 Å². The Morgan fingerprint density at radius 3 is 2.36 bits per heavy atom. The van der Waals surface area contributed by atoms with Crippen LogP contribution in [-0.2, 0) is 11.2 Å². The molecule has 0 saturated carbocycles. The van der Waals surface area contributed by atoms with E-state index in [1.165, 1.54) is 11.1 Å². The number of carbonyl (C=O) groups excluding carboxylic acids is 2. The summed E-state index contributed by atoms with van der Waals surface area (Å²) in [6, 6.07) is 16.9. The van der Waals surface area contributed by atoms with Gasteiger partial charge in [0.25, 0.3) is 5.91 Å². The molecule has 2 aromatic rings. The quantitative estimate of drug-likeness (QED) is 0.703. The van der Waals surface area contributed by atoms with Crippen LogP contribution in [0.3, 0.4) is 0 Å². The topological polar surface area (TPSA) is 47.1 Å². The summed E-state index contributed by atoms with van der Waals surface area (Å²) in [7, 11) is 7.64. The summed E-state index contributed by atoms with van der Waals surface area (Å²) in [6.07, 6.45) is 3.39. The minimum absolute atomic E-state index is 0.105. The van der Waals surface area contributed by atoms with Crippen molar-refractivity contribution < 1.29 is 9.59 Å². The summed E-state index contributed by atoms with van der Waals surface area (Å²) in [5.41, 5.74) is 4.44. The van der Waals surface area contributed by atoms with Crippen molar-refractivity contribution >= 4 is 17.5 Å². The zero-order valence-electron chi connectivity index (χ0n) is 20.3. The van der Waals surface area contributed by atoms with Crippen molar-refractivity contribution in [3.05, 3.63) is 65.2 Å². The molecule has 176 valence electrons. The molecule has 2 aliphatic heterocycles. The van der Waals surface area contributed by atoms with E-state index in [1.54, 1.807) is 4.90 Å². The highest BCUT2D eigenvalue weighted by Gasteiger charge is 2.36. The number of benzene rings is 2. The smallest absolute Gasteiger partial charge is 0.253 e. The molecule has 6 heteroatoms. The Kier molecular flexibility index (Phi) is 7.03. The summed E-state index contributed by atoms with van der Waals surface area (Å²) in [6.45, 7) is 2.47. The number of likely N-dealkylation sites (tertiary alicyclic amines) is 1. The van der Waals surface area contributed by atoms with Crippen molar-refractivity contribution in [1.82, 2.24) is 14.7 Å². The van der Waals surface area contributed by atoms with Crippen LogP contribution in [0.25, 0.3) is 0 Å². The number of rotatable bonds is 5. The Hall–Kier alpha value is -2.86. The zero-order valence-corrected chi connectivity index (χ0v) is 20.3. The number of anilines is 1. The molecule has 2 aliphatic rings. The molecule has 0 aromatic heterocycles. The lowest BCUT2D eigenvalue weighted by atomic mass is 9.87. The monoisotopic (exact) mass is 448 g/mol. The first-order valence-corrected chi connectivity index (χ1v) is 12.0. The molecule has 1 unspecified atom stereocenters. The van der Waals surface area contributed by atoms with Crippen molar-refractivity contribution in [2.45, 2.75) is 37.8 Å². The van der Waals surface area contributed by atoms with Crippen LogP contribution in [0.4, 0.5) is 5.69 Å². The van der Waals surface area contributed by atoms with Crippen LogP contribution in [0.5, 0.6) is 0 Å². The largest absolute Gasteiger partial charge is 0.378 e. The van der Waals surface area contributed by atoms with Gasteiger partial charge < -0.3 is 14.7 Å². The second-order valence-corrected chi connectivity index (χ2v) is 9.66. The van der Waals surface area contributed by atoms with Crippen LogP contribution in [0, 0.1) is 0 Å². The highest BCUT2D eigenvalue weighted by Crippen LogP contribution is 2.36. The number of amides is 2. The van der Waals surface area contributed by atoms with E-state index in [1.807, 2.05) is 62.3 Å². The fourth-order valence-electron chi connectivity index (χ4n) is 5.18. The standard InChI is InChI=1S/C27H36N4O2/c1-28(2)23-10-7-9-21(18-23)27(33)30-15-13-22(14-16-30)31-17-12-20-8-5-6-11-24(20)25(31)19-26(32)29(3)4/h5-11,18,22,25H,12-17,19H2,1-4H3. The van der Waals surface area contributed by atoms with Crippen molar-refractivity contribution in [1.29, 1.82) is 0 Å². The number of carbonyl (C=O) groups is 2. The Bertz CT molecular complexity index is 995. The highest BCUT2D eigenvalue weighted by molar-refractivity contribution is 5.95. The average molecular weight is 449 g/mol. The Labute approximate surface area is 197 Å². The Morgan fingerprint density at radius 2 is 1.67 bits per heavy atom. The zero-order chi connectivity index (χ0) is 23.5. The number of nitrogens with zero attached hydrogens (tertiary/aromatic N) is 4.